The van der Waals surface area contributed by atoms with Gasteiger partial charge in [0.1, 0.15) is 6.04 Å². The van der Waals surface area contributed by atoms with Crippen molar-refractivity contribution in [1.29, 1.82) is 0 Å². The van der Waals surface area contributed by atoms with Crippen molar-refractivity contribution in [3.8, 4) is 0 Å². The molecule has 3 aromatic carbocycles. The molecule has 0 saturated carbocycles. The molecule has 146 valence electrons. The molecular formula is C25H24N2O2. The van der Waals surface area contributed by atoms with Crippen molar-refractivity contribution in [3.63, 3.8) is 0 Å². The number of carbonyl (C=O) groups excluding carboxylic acids is 2. The number of hydrogen-bond acceptors (Lipinski definition) is 2. The predicted octanol–water partition coefficient (Wildman–Crippen LogP) is 4.35. The second-order valence-corrected chi connectivity index (χ2v) is 7.34. The second kappa shape index (κ2) is 8.74. The highest BCUT2D eigenvalue weighted by Gasteiger charge is 2.27. The van der Waals surface area contributed by atoms with Gasteiger partial charge in [0.25, 0.3) is 5.91 Å². The van der Waals surface area contributed by atoms with Crippen LogP contribution in [0, 0.1) is 0 Å². The summed E-state index contributed by atoms with van der Waals surface area (Å²) >= 11 is 0. The van der Waals surface area contributed by atoms with E-state index < -0.39 is 6.04 Å². The van der Waals surface area contributed by atoms with Gasteiger partial charge in [-0.1, -0.05) is 72.8 Å². The van der Waals surface area contributed by atoms with Gasteiger partial charge in [0.15, 0.2) is 0 Å². The lowest BCUT2D eigenvalue weighted by molar-refractivity contribution is -0.124. The molecule has 2 unspecified atom stereocenters. The summed E-state index contributed by atoms with van der Waals surface area (Å²) in [5.74, 6) is -0.458. The second-order valence-electron chi connectivity index (χ2n) is 7.34. The molecule has 2 N–H and O–H groups in total. The molecule has 0 saturated heterocycles. The molecule has 0 aliphatic heterocycles. The van der Waals surface area contributed by atoms with E-state index in [1.54, 1.807) is 12.1 Å². The fourth-order valence-electron chi connectivity index (χ4n) is 3.91. The van der Waals surface area contributed by atoms with Crippen molar-refractivity contribution < 1.29 is 9.59 Å². The number of aryl methyl sites for hydroxylation is 1. The van der Waals surface area contributed by atoms with Crippen molar-refractivity contribution >= 4 is 11.8 Å². The summed E-state index contributed by atoms with van der Waals surface area (Å²) in [5, 5.41) is 6.09. The molecular weight excluding hydrogens is 360 g/mol. The van der Waals surface area contributed by atoms with Crippen molar-refractivity contribution in [2.75, 3.05) is 0 Å². The van der Waals surface area contributed by atoms with Gasteiger partial charge in [0, 0.05) is 5.56 Å². The van der Waals surface area contributed by atoms with Gasteiger partial charge < -0.3 is 10.6 Å². The number of hydrogen-bond donors (Lipinski definition) is 2. The molecule has 0 spiro atoms. The molecule has 2 atom stereocenters. The van der Waals surface area contributed by atoms with Gasteiger partial charge in [-0.15, -0.1) is 0 Å². The van der Waals surface area contributed by atoms with E-state index in [1.807, 2.05) is 60.7 Å². The Bertz CT molecular complexity index is 986. The average Bonchev–Trinajstić information content (AvgIpc) is 2.78. The highest BCUT2D eigenvalue weighted by atomic mass is 16.2. The SMILES string of the molecule is O=C(NC(C(=O)NC1CCCc2ccccc21)c1ccccc1)c1ccccc1. The number of nitrogens with one attached hydrogen (secondary N) is 2. The topological polar surface area (TPSA) is 58.2 Å². The number of rotatable bonds is 5. The Morgan fingerprint density at radius 2 is 1.48 bits per heavy atom. The Morgan fingerprint density at radius 1 is 0.828 bits per heavy atom. The van der Waals surface area contributed by atoms with Crippen molar-refractivity contribution in [1.82, 2.24) is 10.6 Å². The molecule has 4 nitrogen and oxygen atoms in total. The van der Waals surface area contributed by atoms with Crippen LogP contribution in [-0.4, -0.2) is 11.8 Å². The van der Waals surface area contributed by atoms with Crippen LogP contribution in [0.25, 0.3) is 0 Å². The monoisotopic (exact) mass is 384 g/mol. The quantitative estimate of drug-likeness (QED) is 0.687. The molecule has 0 aromatic heterocycles. The molecule has 0 fully saturated rings. The van der Waals surface area contributed by atoms with Crippen molar-refractivity contribution in [2.45, 2.75) is 31.3 Å². The van der Waals surface area contributed by atoms with E-state index >= 15 is 0 Å². The molecule has 0 bridgehead atoms. The van der Waals surface area contributed by atoms with E-state index in [-0.39, 0.29) is 17.9 Å². The van der Waals surface area contributed by atoms with Gasteiger partial charge in [-0.3, -0.25) is 9.59 Å². The van der Waals surface area contributed by atoms with Gasteiger partial charge in [-0.2, -0.15) is 0 Å². The molecule has 0 heterocycles. The number of benzene rings is 3. The molecule has 2 amide bonds. The van der Waals surface area contributed by atoms with Crippen LogP contribution in [0.4, 0.5) is 0 Å². The molecule has 4 rings (SSSR count). The van der Waals surface area contributed by atoms with Gasteiger partial charge >= 0.3 is 0 Å². The minimum Gasteiger partial charge on any atom is -0.347 e. The van der Waals surface area contributed by atoms with Crippen LogP contribution in [0.3, 0.4) is 0 Å². The van der Waals surface area contributed by atoms with Crippen LogP contribution in [0.2, 0.25) is 0 Å². The normalized spacial score (nSPS) is 16.3. The van der Waals surface area contributed by atoms with Crippen molar-refractivity contribution in [2.24, 2.45) is 0 Å². The zero-order valence-electron chi connectivity index (χ0n) is 16.2. The summed E-state index contributed by atoms with van der Waals surface area (Å²) in [5.41, 5.74) is 3.75. The largest absolute Gasteiger partial charge is 0.347 e. The van der Waals surface area contributed by atoms with Gasteiger partial charge in [-0.25, -0.2) is 0 Å². The van der Waals surface area contributed by atoms with Crippen LogP contribution < -0.4 is 10.6 Å². The fraction of sp³-hybridized carbons (Fsp3) is 0.200. The van der Waals surface area contributed by atoms with Crippen LogP contribution in [0.1, 0.15) is 52.0 Å². The maximum atomic E-state index is 13.3. The highest BCUT2D eigenvalue weighted by molar-refractivity contribution is 5.97. The third-order valence-corrected chi connectivity index (χ3v) is 5.39. The number of fused-ring (bicyclic) bond motifs is 1. The first-order valence-electron chi connectivity index (χ1n) is 10.0. The van der Waals surface area contributed by atoms with E-state index in [9.17, 15) is 9.59 Å². The average molecular weight is 384 g/mol. The Morgan fingerprint density at radius 3 is 2.24 bits per heavy atom. The zero-order chi connectivity index (χ0) is 20.1. The van der Waals surface area contributed by atoms with Gasteiger partial charge in [0.05, 0.1) is 6.04 Å². The van der Waals surface area contributed by atoms with Crippen LogP contribution in [-0.2, 0) is 11.2 Å². The Balaban J connectivity index is 1.57. The summed E-state index contributed by atoms with van der Waals surface area (Å²) in [6, 6.07) is 25.8. The first kappa shape index (κ1) is 18.9. The maximum Gasteiger partial charge on any atom is 0.252 e. The minimum atomic E-state index is -0.752. The van der Waals surface area contributed by atoms with E-state index in [1.165, 1.54) is 11.1 Å². The summed E-state index contributed by atoms with van der Waals surface area (Å²) in [4.78, 5) is 26.0. The van der Waals surface area contributed by atoms with Gasteiger partial charge in [-0.05, 0) is 48.1 Å². The maximum absolute atomic E-state index is 13.3. The van der Waals surface area contributed by atoms with E-state index in [4.69, 9.17) is 0 Å². The lowest BCUT2D eigenvalue weighted by Gasteiger charge is -2.28. The Labute approximate surface area is 171 Å². The van der Waals surface area contributed by atoms with Crippen LogP contribution in [0.15, 0.2) is 84.9 Å². The standard InChI is InChI=1S/C25H24N2O2/c28-24(20-13-5-2-6-14-20)27-23(19-11-3-1-4-12-19)25(29)26-22-17-9-15-18-10-7-8-16-21(18)22/h1-8,10-14,16,22-23H,9,15,17H2,(H,26,29)(H,27,28). The third kappa shape index (κ3) is 4.37. The first-order valence-corrected chi connectivity index (χ1v) is 10.0. The van der Waals surface area contributed by atoms with E-state index in [0.717, 1.165) is 24.8 Å². The lowest BCUT2D eigenvalue weighted by Crippen LogP contribution is -2.42. The lowest BCUT2D eigenvalue weighted by atomic mass is 9.87. The van der Waals surface area contributed by atoms with E-state index in [2.05, 4.69) is 22.8 Å². The molecule has 1 aliphatic carbocycles. The zero-order valence-corrected chi connectivity index (χ0v) is 16.2. The van der Waals surface area contributed by atoms with Crippen LogP contribution >= 0.6 is 0 Å². The smallest absolute Gasteiger partial charge is 0.252 e. The number of amides is 2. The summed E-state index contributed by atoms with van der Waals surface area (Å²) in [7, 11) is 0. The summed E-state index contributed by atoms with van der Waals surface area (Å²) in [6.45, 7) is 0. The molecule has 29 heavy (non-hydrogen) atoms. The fourth-order valence-corrected chi connectivity index (χ4v) is 3.91. The van der Waals surface area contributed by atoms with E-state index in [0.29, 0.717) is 5.56 Å². The minimum absolute atomic E-state index is 0.0349. The Kier molecular flexibility index (Phi) is 5.71. The van der Waals surface area contributed by atoms with Gasteiger partial charge in [0.2, 0.25) is 5.91 Å². The number of carbonyl (C=O) groups is 2. The highest BCUT2D eigenvalue weighted by Crippen LogP contribution is 2.30. The molecule has 4 heteroatoms. The molecule has 3 aromatic rings. The van der Waals surface area contributed by atoms with Crippen LogP contribution in [0.5, 0.6) is 0 Å². The molecule has 1 aliphatic rings. The summed E-state index contributed by atoms with van der Waals surface area (Å²) < 4.78 is 0. The van der Waals surface area contributed by atoms with Crippen molar-refractivity contribution in [3.05, 3.63) is 107 Å². The third-order valence-electron chi connectivity index (χ3n) is 5.39. The Hall–Kier alpha value is -3.40. The molecule has 0 radical (unpaired) electrons. The first-order chi connectivity index (χ1) is 14.2. The predicted molar refractivity (Wildman–Crippen MR) is 113 cm³/mol. The summed E-state index contributed by atoms with van der Waals surface area (Å²) in [6.07, 6.45) is 2.97.